The Morgan fingerprint density at radius 2 is 1.79 bits per heavy atom. The molecule has 0 N–H and O–H groups in total. The van der Waals surface area contributed by atoms with Gasteiger partial charge < -0.3 is 14.7 Å². The van der Waals surface area contributed by atoms with Crippen molar-refractivity contribution < 1.29 is 4.79 Å². The van der Waals surface area contributed by atoms with Crippen LogP contribution in [-0.4, -0.2) is 60.3 Å². The van der Waals surface area contributed by atoms with Crippen molar-refractivity contribution >= 4 is 39.0 Å². The fourth-order valence-electron chi connectivity index (χ4n) is 3.58. The predicted octanol–water partition coefficient (Wildman–Crippen LogP) is 3.50. The van der Waals surface area contributed by atoms with Crippen molar-refractivity contribution in [2.24, 2.45) is 0 Å². The number of hydrogen-bond acceptors (Lipinski definition) is 6. The summed E-state index contributed by atoms with van der Waals surface area (Å²) in [5.41, 5.74) is 0. The first-order chi connectivity index (χ1) is 13.7. The van der Waals surface area contributed by atoms with Crippen LogP contribution in [-0.2, 0) is 0 Å². The van der Waals surface area contributed by atoms with E-state index in [0.29, 0.717) is 13.1 Å². The van der Waals surface area contributed by atoms with E-state index in [2.05, 4.69) is 46.0 Å². The highest BCUT2D eigenvalue weighted by molar-refractivity contribution is 7.20. The van der Waals surface area contributed by atoms with Crippen LogP contribution in [0.3, 0.4) is 0 Å². The molecule has 0 saturated carbocycles. The topological polar surface area (TPSA) is 52.6 Å². The lowest BCUT2D eigenvalue weighted by atomic mass is 10.2. The van der Waals surface area contributed by atoms with Crippen LogP contribution in [0, 0.1) is 0 Å². The number of carbonyl (C=O) groups excluding carboxylic acids is 1. The van der Waals surface area contributed by atoms with E-state index >= 15 is 0 Å². The Labute approximate surface area is 169 Å². The molecule has 0 unspecified atom stereocenters. The van der Waals surface area contributed by atoms with E-state index in [-0.39, 0.29) is 5.91 Å². The summed E-state index contributed by atoms with van der Waals surface area (Å²) in [5, 5.41) is 9.92. The molecule has 6 nitrogen and oxygen atoms in total. The van der Waals surface area contributed by atoms with Crippen molar-refractivity contribution in [1.82, 2.24) is 15.1 Å². The molecule has 2 aromatic heterocycles. The number of nitrogens with zero attached hydrogens (tertiary/aromatic N) is 5. The molecule has 1 fully saturated rings. The van der Waals surface area contributed by atoms with Crippen molar-refractivity contribution in [3.05, 3.63) is 47.3 Å². The van der Waals surface area contributed by atoms with Gasteiger partial charge in [0.05, 0.1) is 4.88 Å². The maximum absolute atomic E-state index is 12.9. The molecule has 0 radical (unpaired) electrons. The van der Waals surface area contributed by atoms with E-state index in [4.69, 9.17) is 0 Å². The van der Waals surface area contributed by atoms with Gasteiger partial charge in [0.25, 0.3) is 5.91 Å². The van der Waals surface area contributed by atoms with Gasteiger partial charge in [-0.25, -0.2) is 0 Å². The summed E-state index contributed by atoms with van der Waals surface area (Å²) in [6.45, 7) is 9.02. The molecular formula is C21H25N5OS. The van der Waals surface area contributed by atoms with Crippen LogP contribution in [0.4, 0.5) is 11.6 Å². The summed E-state index contributed by atoms with van der Waals surface area (Å²) in [4.78, 5) is 20.0. The third kappa shape index (κ3) is 3.67. The molecule has 1 aliphatic heterocycles. The molecule has 1 aliphatic rings. The number of aromatic nitrogens is 2. The molecular weight excluding hydrogens is 370 g/mol. The Bertz CT molecular complexity index is 910. The predicted molar refractivity (Wildman–Crippen MR) is 116 cm³/mol. The molecule has 146 valence electrons. The van der Waals surface area contributed by atoms with E-state index in [1.54, 1.807) is 11.3 Å². The molecule has 4 rings (SSSR count). The van der Waals surface area contributed by atoms with Gasteiger partial charge in [-0.05, 0) is 43.5 Å². The summed E-state index contributed by atoms with van der Waals surface area (Å²) in [6.07, 6.45) is 0. The second kappa shape index (κ2) is 8.14. The summed E-state index contributed by atoms with van der Waals surface area (Å²) >= 11 is 1.57. The van der Waals surface area contributed by atoms with Gasteiger partial charge >= 0.3 is 0 Å². The second-order valence-electron chi connectivity index (χ2n) is 6.85. The maximum atomic E-state index is 12.9. The van der Waals surface area contributed by atoms with Crippen LogP contribution in [0.2, 0.25) is 0 Å². The van der Waals surface area contributed by atoms with Crippen molar-refractivity contribution in [3.63, 3.8) is 0 Å². The number of anilines is 2. The quantitative estimate of drug-likeness (QED) is 0.662. The average molecular weight is 396 g/mol. The van der Waals surface area contributed by atoms with Gasteiger partial charge in [-0.15, -0.1) is 21.5 Å². The van der Waals surface area contributed by atoms with Gasteiger partial charge in [0, 0.05) is 44.0 Å². The molecule has 1 amide bonds. The van der Waals surface area contributed by atoms with Crippen molar-refractivity contribution in [3.8, 4) is 0 Å². The lowest BCUT2D eigenvalue weighted by Crippen LogP contribution is -2.49. The van der Waals surface area contributed by atoms with Gasteiger partial charge in [0.2, 0.25) is 0 Å². The Morgan fingerprint density at radius 1 is 1.04 bits per heavy atom. The summed E-state index contributed by atoms with van der Waals surface area (Å²) < 4.78 is 1.16. The second-order valence-corrected chi connectivity index (χ2v) is 7.93. The minimum absolute atomic E-state index is 0.129. The first kappa shape index (κ1) is 18.7. The van der Waals surface area contributed by atoms with E-state index in [1.165, 1.54) is 0 Å². The molecule has 28 heavy (non-hydrogen) atoms. The molecule has 0 spiro atoms. The van der Waals surface area contributed by atoms with E-state index in [0.717, 1.165) is 52.8 Å². The molecule has 0 aliphatic carbocycles. The molecule has 3 aromatic rings. The number of hydrogen-bond donors (Lipinski definition) is 0. The summed E-state index contributed by atoms with van der Waals surface area (Å²) in [7, 11) is 0. The SMILES string of the molecule is CCN(CC)c1ccc(N2CCN(C(=O)c3cc4ccccc4s3)CC2)nn1. The number of amides is 1. The maximum Gasteiger partial charge on any atom is 0.264 e. The highest BCUT2D eigenvalue weighted by atomic mass is 32.1. The molecule has 0 atom stereocenters. The van der Waals surface area contributed by atoms with E-state index < -0.39 is 0 Å². The van der Waals surface area contributed by atoms with Crippen molar-refractivity contribution in [1.29, 1.82) is 0 Å². The highest BCUT2D eigenvalue weighted by Crippen LogP contribution is 2.27. The molecule has 1 saturated heterocycles. The fourth-order valence-corrected chi connectivity index (χ4v) is 4.62. The van der Waals surface area contributed by atoms with Crippen LogP contribution in [0.1, 0.15) is 23.5 Å². The lowest BCUT2D eigenvalue weighted by molar-refractivity contribution is 0.0751. The average Bonchev–Trinajstić information content (AvgIpc) is 3.19. The van der Waals surface area contributed by atoms with Crippen LogP contribution in [0.25, 0.3) is 10.1 Å². The zero-order chi connectivity index (χ0) is 19.5. The first-order valence-corrected chi connectivity index (χ1v) is 10.6. The zero-order valence-corrected chi connectivity index (χ0v) is 17.2. The van der Waals surface area contributed by atoms with Gasteiger partial charge in [0.1, 0.15) is 0 Å². The molecule has 7 heteroatoms. The zero-order valence-electron chi connectivity index (χ0n) is 16.3. The van der Waals surface area contributed by atoms with Gasteiger partial charge in [-0.2, -0.15) is 0 Å². The smallest absolute Gasteiger partial charge is 0.264 e. The third-order valence-corrected chi connectivity index (χ3v) is 6.36. The normalized spacial score (nSPS) is 14.5. The molecule has 0 bridgehead atoms. The monoisotopic (exact) mass is 395 g/mol. The van der Waals surface area contributed by atoms with E-state index in [1.807, 2.05) is 35.2 Å². The number of rotatable bonds is 5. The van der Waals surface area contributed by atoms with Crippen LogP contribution in [0.15, 0.2) is 42.5 Å². The first-order valence-electron chi connectivity index (χ1n) is 9.81. The number of fused-ring (bicyclic) bond motifs is 1. The fraction of sp³-hybridized carbons (Fsp3) is 0.381. The largest absolute Gasteiger partial charge is 0.356 e. The minimum atomic E-state index is 0.129. The standard InChI is InChI=1S/C21H25N5OS/c1-3-24(4-2)19-9-10-20(23-22-19)25-11-13-26(14-12-25)21(27)18-15-16-7-5-6-8-17(16)28-18/h5-10,15H,3-4,11-14H2,1-2H3. The van der Waals surface area contributed by atoms with Crippen molar-refractivity contribution in [2.75, 3.05) is 49.1 Å². The number of piperazine rings is 1. The third-order valence-electron chi connectivity index (χ3n) is 5.25. The Kier molecular flexibility index (Phi) is 5.43. The van der Waals surface area contributed by atoms with E-state index in [9.17, 15) is 4.79 Å². The lowest BCUT2D eigenvalue weighted by Gasteiger charge is -2.35. The Morgan fingerprint density at radius 3 is 2.43 bits per heavy atom. The van der Waals surface area contributed by atoms with Gasteiger partial charge in [-0.3, -0.25) is 4.79 Å². The number of benzene rings is 1. The van der Waals surface area contributed by atoms with Gasteiger partial charge in [-0.1, -0.05) is 18.2 Å². The number of thiophene rings is 1. The van der Waals surface area contributed by atoms with Gasteiger partial charge in [0.15, 0.2) is 11.6 Å². The summed E-state index contributed by atoms with van der Waals surface area (Å²) in [6, 6.07) is 14.2. The highest BCUT2D eigenvalue weighted by Gasteiger charge is 2.24. The molecule has 3 heterocycles. The van der Waals surface area contributed by atoms with Crippen LogP contribution < -0.4 is 9.80 Å². The van der Waals surface area contributed by atoms with Crippen LogP contribution >= 0.6 is 11.3 Å². The Hall–Kier alpha value is -2.67. The summed E-state index contributed by atoms with van der Waals surface area (Å²) in [5.74, 6) is 1.92. The molecule has 1 aromatic carbocycles. The minimum Gasteiger partial charge on any atom is -0.356 e. The van der Waals surface area contributed by atoms with Crippen molar-refractivity contribution in [2.45, 2.75) is 13.8 Å². The Balaban J connectivity index is 1.39. The number of carbonyl (C=O) groups is 1. The van der Waals surface area contributed by atoms with Crippen LogP contribution in [0.5, 0.6) is 0 Å².